The molecular weight excluding hydrogens is 314 g/mol. The van der Waals surface area contributed by atoms with Gasteiger partial charge in [-0.15, -0.1) is 0 Å². The highest BCUT2D eigenvalue weighted by Gasteiger charge is 2.01. The number of benzene rings is 2. The zero-order valence-corrected chi connectivity index (χ0v) is 13.1. The topological polar surface area (TPSA) is 32.6 Å². The molecule has 0 unspecified atom stereocenters. The fraction of sp³-hybridized carbons (Fsp3) is 0.118. The van der Waals surface area contributed by atoms with E-state index >= 15 is 0 Å². The van der Waals surface area contributed by atoms with Gasteiger partial charge in [-0.05, 0) is 60.9 Å². The van der Waals surface area contributed by atoms with Crippen molar-refractivity contribution < 1.29 is 5.11 Å². The van der Waals surface area contributed by atoms with Crippen molar-refractivity contribution in [3.8, 4) is 5.75 Å². The standard InChI is InChI=1S/C17H16BrNO/c1-12-9-16(17(20)10-13(12)2)19-8-4-6-14-5-3-7-15(18)11-14/h3-11,20H,1-2H3. The van der Waals surface area contributed by atoms with E-state index in [2.05, 4.69) is 20.9 Å². The summed E-state index contributed by atoms with van der Waals surface area (Å²) in [7, 11) is 0. The SMILES string of the molecule is Cc1cc(O)c(N=CC=Cc2cccc(Br)c2)cc1C. The van der Waals surface area contributed by atoms with Gasteiger partial charge in [-0.25, -0.2) is 0 Å². The first-order valence-corrected chi connectivity index (χ1v) is 7.12. The zero-order valence-electron chi connectivity index (χ0n) is 11.5. The summed E-state index contributed by atoms with van der Waals surface area (Å²) in [6.07, 6.45) is 5.51. The van der Waals surface area contributed by atoms with E-state index in [-0.39, 0.29) is 5.75 Å². The highest BCUT2D eigenvalue weighted by atomic mass is 79.9. The van der Waals surface area contributed by atoms with Crippen molar-refractivity contribution in [2.75, 3.05) is 0 Å². The Hall–Kier alpha value is -1.87. The Morgan fingerprint density at radius 1 is 1.10 bits per heavy atom. The van der Waals surface area contributed by atoms with E-state index in [1.54, 1.807) is 12.3 Å². The second-order valence-corrected chi connectivity index (χ2v) is 5.53. The lowest BCUT2D eigenvalue weighted by molar-refractivity contribution is 0.476. The summed E-state index contributed by atoms with van der Waals surface area (Å²) in [5.41, 5.74) is 3.86. The number of aliphatic imine (C=N–C) groups is 1. The Bertz CT molecular complexity index is 675. The molecular formula is C17H16BrNO. The molecule has 0 fully saturated rings. The van der Waals surface area contributed by atoms with Gasteiger partial charge in [0.15, 0.2) is 0 Å². The summed E-state index contributed by atoms with van der Waals surface area (Å²) in [5.74, 6) is 0.209. The number of phenols is 1. The van der Waals surface area contributed by atoms with Crippen LogP contribution in [0.4, 0.5) is 5.69 Å². The lowest BCUT2D eigenvalue weighted by Gasteiger charge is -2.03. The number of nitrogens with zero attached hydrogens (tertiary/aromatic N) is 1. The van der Waals surface area contributed by atoms with Gasteiger partial charge in [-0.3, -0.25) is 4.99 Å². The van der Waals surface area contributed by atoms with Gasteiger partial charge in [0.1, 0.15) is 11.4 Å². The molecule has 0 heterocycles. The van der Waals surface area contributed by atoms with Gasteiger partial charge in [-0.1, -0.05) is 34.1 Å². The van der Waals surface area contributed by atoms with E-state index in [9.17, 15) is 5.11 Å². The van der Waals surface area contributed by atoms with Crippen LogP contribution in [0.5, 0.6) is 5.75 Å². The average Bonchev–Trinajstić information content (AvgIpc) is 2.40. The average molecular weight is 330 g/mol. The molecule has 2 aromatic carbocycles. The molecule has 2 aromatic rings. The van der Waals surface area contributed by atoms with Crippen LogP contribution in [0.2, 0.25) is 0 Å². The molecule has 102 valence electrons. The molecule has 3 heteroatoms. The highest BCUT2D eigenvalue weighted by Crippen LogP contribution is 2.29. The predicted molar refractivity (Wildman–Crippen MR) is 88.9 cm³/mol. The van der Waals surface area contributed by atoms with Gasteiger partial charge >= 0.3 is 0 Å². The summed E-state index contributed by atoms with van der Waals surface area (Å²) >= 11 is 3.43. The third-order valence-electron chi connectivity index (χ3n) is 3.03. The number of allylic oxidation sites excluding steroid dienone is 1. The number of aryl methyl sites for hydroxylation is 2. The van der Waals surface area contributed by atoms with Gasteiger partial charge in [0, 0.05) is 10.7 Å². The van der Waals surface area contributed by atoms with Crippen LogP contribution in [-0.4, -0.2) is 11.3 Å². The molecule has 0 aliphatic carbocycles. The van der Waals surface area contributed by atoms with Crippen molar-refractivity contribution in [3.05, 3.63) is 63.6 Å². The Morgan fingerprint density at radius 2 is 1.85 bits per heavy atom. The molecule has 0 saturated heterocycles. The smallest absolute Gasteiger partial charge is 0.141 e. The van der Waals surface area contributed by atoms with Gasteiger partial charge < -0.3 is 5.11 Å². The van der Waals surface area contributed by atoms with Gasteiger partial charge in [0.2, 0.25) is 0 Å². The first-order chi connectivity index (χ1) is 9.56. The first kappa shape index (κ1) is 14.5. The minimum atomic E-state index is 0.209. The van der Waals surface area contributed by atoms with Crippen LogP contribution in [0.25, 0.3) is 6.08 Å². The van der Waals surface area contributed by atoms with E-state index in [0.29, 0.717) is 5.69 Å². The maximum atomic E-state index is 9.82. The van der Waals surface area contributed by atoms with Crippen LogP contribution >= 0.6 is 15.9 Å². The maximum Gasteiger partial charge on any atom is 0.141 e. The zero-order chi connectivity index (χ0) is 14.5. The largest absolute Gasteiger partial charge is 0.506 e. The Labute approximate surface area is 127 Å². The fourth-order valence-corrected chi connectivity index (χ4v) is 2.19. The molecule has 0 saturated carbocycles. The Balaban J connectivity index is 2.12. The van der Waals surface area contributed by atoms with E-state index in [0.717, 1.165) is 21.2 Å². The van der Waals surface area contributed by atoms with Crippen molar-refractivity contribution >= 4 is 33.9 Å². The lowest BCUT2D eigenvalue weighted by atomic mass is 10.1. The van der Waals surface area contributed by atoms with Gasteiger partial charge in [0.05, 0.1) is 0 Å². The molecule has 0 aliphatic heterocycles. The number of hydrogen-bond acceptors (Lipinski definition) is 2. The van der Waals surface area contributed by atoms with Crippen molar-refractivity contribution in [1.29, 1.82) is 0 Å². The highest BCUT2D eigenvalue weighted by molar-refractivity contribution is 9.10. The van der Waals surface area contributed by atoms with Crippen LogP contribution in [0.15, 0.2) is 51.9 Å². The molecule has 0 amide bonds. The molecule has 0 aromatic heterocycles. The molecule has 0 radical (unpaired) electrons. The summed E-state index contributed by atoms with van der Waals surface area (Å²) in [4.78, 5) is 4.27. The molecule has 2 rings (SSSR count). The lowest BCUT2D eigenvalue weighted by Crippen LogP contribution is -1.80. The summed E-state index contributed by atoms with van der Waals surface area (Å²) in [5, 5.41) is 9.82. The second kappa shape index (κ2) is 6.53. The van der Waals surface area contributed by atoms with Crippen LogP contribution < -0.4 is 0 Å². The Morgan fingerprint density at radius 3 is 2.60 bits per heavy atom. The molecule has 0 bridgehead atoms. The van der Waals surface area contributed by atoms with Crippen molar-refractivity contribution in [3.63, 3.8) is 0 Å². The molecule has 0 aliphatic rings. The number of halogens is 1. The van der Waals surface area contributed by atoms with Crippen molar-refractivity contribution in [2.45, 2.75) is 13.8 Å². The van der Waals surface area contributed by atoms with E-state index < -0.39 is 0 Å². The van der Waals surface area contributed by atoms with Gasteiger partial charge in [0.25, 0.3) is 0 Å². The monoisotopic (exact) mass is 329 g/mol. The Kier molecular flexibility index (Phi) is 4.74. The minimum absolute atomic E-state index is 0.209. The number of aromatic hydroxyl groups is 1. The van der Waals surface area contributed by atoms with Crippen LogP contribution in [0.3, 0.4) is 0 Å². The van der Waals surface area contributed by atoms with E-state index in [4.69, 9.17) is 0 Å². The third-order valence-corrected chi connectivity index (χ3v) is 3.52. The second-order valence-electron chi connectivity index (χ2n) is 4.62. The quantitative estimate of drug-likeness (QED) is 0.772. The number of hydrogen-bond donors (Lipinski definition) is 1. The van der Waals surface area contributed by atoms with Crippen molar-refractivity contribution in [1.82, 2.24) is 0 Å². The van der Waals surface area contributed by atoms with E-state index in [1.165, 1.54) is 0 Å². The number of phenolic OH excluding ortho intramolecular Hbond substituents is 1. The summed E-state index contributed by atoms with van der Waals surface area (Å²) < 4.78 is 1.04. The molecule has 2 nitrogen and oxygen atoms in total. The van der Waals surface area contributed by atoms with Crippen LogP contribution in [0, 0.1) is 13.8 Å². The van der Waals surface area contributed by atoms with Crippen molar-refractivity contribution in [2.24, 2.45) is 4.99 Å². The predicted octanol–water partition coefficient (Wildman–Crippen LogP) is 5.19. The minimum Gasteiger partial charge on any atom is -0.506 e. The molecule has 0 spiro atoms. The normalized spacial score (nSPS) is 11.6. The molecule has 0 atom stereocenters. The third kappa shape index (κ3) is 3.81. The molecule has 20 heavy (non-hydrogen) atoms. The summed E-state index contributed by atoms with van der Waals surface area (Å²) in [6.45, 7) is 3.97. The fourth-order valence-electron chi connectivity index (χ4n) is 1.78. The van der Waals surface area contributed by atoms with Gasteiger partial charge in [-0.2, -0.15) is 0 Å². The van der Waals surface area contributed by atoms with E-state index in [1.807, 2.05) is 56.3 Å². The number of rotatable bonds is 3. The molecule has 1 N–H and O–H groups in total. The van der Waals surface area contributed by atoms with Crippen LogP contribution in [-0.2, 0) is 0 Å². The summed E-state index contributed by atoms with van der Waals surface area (Å²) in [6, 6.07) is 11.6. The first-order valence-electron chi connectivity index (χ1n) is 6.33. The maximum absolute atomic E-state index is 9.82. The van der Waals surface area contributed by atoms with Crippen LogP contribution in [0.1, 0.15) is 16.7 Å².